The second kappa shape index (κ2) is 20.6. The van der Waals surface area contributed by atoms with Crippen molar-refractivity contribution in [2.75, 3.05) is 6.66 Å². The van der Waals surface area contributed by atoms with Gasteiger partial charge in [0.1, 0.15) is 11.5 Å². The molecule has 10 nitrogen and oxygen atoms in total. The lowest BCUT2D eigenvalue weighted by atomic mass is 10.0. The van der Waals surface area contributed by atoms with E-state index in [1.807, 2.05) is 103 Å². The predicted molar refractivity (Wildman–Crippen MR) is 220 cm³/mol. The van der Waals surface area contributed by atoms with E-state index >= 15 is 0 Å². The number of rotatable bonds is 8. The number of sulfonamides is 1. The molecule has 2 aromatic heterocycles. The number of hydrogen-bond donors (Lipinski definition) is 2. The van der Waals surface area contributed by atoms with Gasteiger partial charge in [0.05, 0.1) is 21.2 Å². The summed E-state index contributed by atoms with van der Waals surface area (Å²) in [5, 5.41) is 7.91. The van der Waals surface area contributed by atoms with Crippen molar-refractivity contribution in [2.45, 2.75) is 64.4 Å². The molecule has 0 radical (unpaired) electrons. The van der Waals surface area contributed by atoms with Crippen LogP contribution in [0, 0.1) is 41.5 Å². The number of nitrogens with zero attached hydrogens (tertiary/aromatic N) is 2. The number of aromatic nitrogens is 2. The molecule has 6 aromatic rings. The first kappa shape index (κ1) is 44.3. The maximum absolute atomic E-state index is 12.4. The van der Waals surface area contributed by atoms with Crippen molar-refractivity contribution >= 4 is 48.9 Å². The molecular formula is C39H44ClN4O6PS3. The summed E-state index contributed by atoms with van der Waals surface area (Å²) in [6.07, 6.45) is 0. The lowest BCUT2D eigenvalue weighted by Crippen LogP contribution is -2.23. The third-order valence-electron chi connectivity index (χ3n) is 7.77. The van der Waals surface area contributed by atoms with Crippen molar-refractivity contribution in [3.05, 3.63) is 142 Å². The molecule has 286 valence electrons. The van der Waals surface area contributed by atoms with Crippen LogP contribution in [0.2, 0.25) is 0 Å². The van der Waals surface area contributed by atoms with Gasteiger partial charge in [-0.25, -0.2) is 21.6 Å². The highest BCUT2D eigenvalue weighted by atomic mass is 35.7. The van der Waals surface area contributed by atoms with E-state index in [-0.39, 0.29) is 16.3 Å². The van der Waals surface area contributed by atoms with Gasteiger partial charge in [0, 0.05) is 34.9 Å². The number of hydrogen-bond acceptors (Lipinski definition) is 10. The van der Waals surface area contributed by atoms with Crippen LogP contribution in [0.5, 0.6) is 0 Å². The Kier molecular flexibility index (Phi) is 16.9. The Morgan fingerprint density at radius 3 is 1.52 bits per heavy atom. The van der Waals surface area contributed by atoms with Crippen LogP contribution in [0.1, 0.15) is 45.2 Å². The molecule has 0 atom stereocenters. The zero-order valence-corrected chi connectivity index (χ0v) is 35.2. The highest BCUT2D eigenvalue weighted by molar-refractivity contribution is 8.13. The van der Waals surface area contributed by atoms with Gasteiger partial charge in [-0.05, 0) is 125 Å². The Morgan fingerprint density at radius 2 is 1.11 bits per heavy atom. The van der Waals surface area contributed by atoms with E-state index in [9.17, 15) is 16.8 Å². The molecule has 0 bridgehead atoms. The van der Waals surface area contributed by atoms with Crippen molar-refractivity contribution in [1.82, 2.24) is 15.0 Å². The summed E-state index contributed by atoms with van der Waals surface area (Å²) in [4.78, 5) is 0.425. The standard InChI is InChI=1S/C19H20N2O3S.C12H14N2O.C7H7ClO2S.CH3PS/c1-13-6-4-9-18(10-13)25(22,23)20-12-16-7-5-8-17(11-16)19-14(2)21-24-15(19)3;1-8-12(9(2)15-14-8)11-5-3-4-10(6-11)7-13;1-6-3-2-4-7(5-6)11(8,9)10;1-2-3/h4-11,20H,12H2,1-3H3;3-6H,7,13H2,1-2H3;2-5H,1H3;1H3. The quantitative estimate of drug-likeness (QED) is 0.112. The molecule has 4 aromatic carbocycles. The Bertz CT molecular complexity index is 2360. The first-order valence-electron chi connectivity index (χ1n) is 16.5. The van der Waals surface area contributed by atoms with Gasteiger partial charge in [0.15, 0.2) is 0 Å². The van der Waals surface area contributed by atoms with Crippen LogP contribution in [0.3, 0.4) is 0 Å². The molecule has 0 aliphatic rings. The van der Waals surface area contributed by atoms with Crippen LogP contribution >= 0.6 is 18.0 Å². The summed E-state index contributed by atoms with van der Waals surface area (Å²) in [6.45, 7) is 14.0. The van der Waals surface area contributed by atoms with Crippen LogP contribution in [0.4, 0.5) is 0 Å². The van der Waals surface area contributed by atoms with Gasteiger partial charge in [-0.1, -0.05) is 82.8 Å². The summed E-state index contributed by atoms with van der Waals surface area (Å²) in [5.41, 5.74) is 15.2. The lowest BCUT2D eigenvalue weighted by Gasteiger charge is -2.09. The van der Waals surface area contributed by atoms with Crippen LogP contribution < -0.4 is 10.5 Å². The highest BCUT2D eigenvalue weighted by Crippen LogP contribution is 2.28. The molecule has 2 heterocycles. The minimum atomic E-state index is -3.55. The van der Waals surface area contributed by atoms with Gasteiger partial charge in [-0.15, -0.1) is 0 Å². The smallest absolute Gasteiger partial charge is 0.261 e. The van der Waals surface area contributed by atoms with Gasteiger partial charge in [-0.3, -0.25) is 0 Å². The number of benzene rings is 4. The lowest BCUT2D eigenvalue weighted by molar-refractivity contribution is 0.393. The van der Waals surface area contributed by atoms with E-state index in [2.05, 4.69) is 32.9 Å². The number of nitrogens with one attached hydrogen (secondary N) is 1. The topological polar surface area (TPSA) is 158 Å². The molecule has 0 aliphatic heterocycles. The fourth-order valence-electron chi connectivity index (χ4n) is 5.29. The third-order valence-corrected chi connectivity index (χ3v) is 10.5. The van der Waals surface area contributed by atoms with Crippen LogP contribution in [-0.4, -0.2) is 33.8 Å². The first-order chi connectivity index (χ1) is 25.5. The van der Waals surface area contributed by atoms with Gasteiger partial charge in [0.2, 0.25) is 10.0 Å². The molecule has 54 heavy (non-hydrogen) atoms. The molecule has 0 spiro atoms. The monoisotopic (exact) mass is 826 g/mol. The number of nitrogens with two attached hydrogens (primary N) is 1. The highest BCUT2D eigenvalue weighted by Gasteiger charge is 2.16. The SMILES string of the molecule is CP=S.Cc1cccc(S(=O)(=O)Cl)c1.Cc1cccc(S(=O)(=O)NCc2cccc(-c3c(C)noc3C)c2)c1.Cc1noc(C)c1-c1cccc(CN)c1. The number of aryl methyl sites for hydroxylation is 6. The molecule has 3 N–H and O–H groups in total. The zero-order chi connectivity index (χ0) is 40.1. The predicted octanol–water partition coefficient (Wildman–Crippen LogP) is 9.11. The second-order valence-electron chi connectivity index (χ2n) is 12.1. The summed E-state index contributed by atoms with van der Waals surface area (Å²) in [7, 11) is -0.995. The Labute approximate surface area is 329 Å². The van der Waals surface area contributed by atoms with Gasteiger partial charge in [0.25, 0.3) is 9.05 Å². The van der Waals surface area contributed by atoms with Gasteiger partial charge >= 0.3 is 0 Å². The number of halogens is 1. The molecule has 6 rings (SSSR count). The van der Waals surface area contributed by atoms with Crippen molar-refractivity contribution < 1.29 is 25.9 Å². The first-order valence-corrected chi connectivity index (χ1v) is 22.7. The Balaban J connectivity index is 0.000000229. The summed E-state index contributed by atoms with van der Waals surface area (Å²) < 4.78 is 59.4. The minimum absolute atomic E-state index is 0.152. The van der Waals surface area contributed by atoms with Crippen LogP contribution in [-0.2, 0) is 44.0 Å². The van der Waals surface area contributed by atoms with Gasteiger partial charge in [-0.2, -0.15) is 0 Å². The van der Waals surface area contributed by atoms with Crippen molar-refractivity contribution in [3.8, 4) is 22.3 Å². The van der Waals surface area contributed by atoms with Crippen LogP contribution in [0.15, 0.2) is 116 Å². The Hall–Kier alpha value is -4.07. The van der Waals surface area contributed by atoms with Gasteiger partial charge < -0.3 is 14.8 Å². The molecule has 0 aliphatic carbocycles. The zero-order valence-electron chi connectivity index (χ0n) is 31.1. The minimum Gasteiger partial charge on any atom is -0.361 e. The molecule has 15 heteroatoms. The molecule has 0 saturated carbocycles. The van der Waals surface area contributed by atoms with E-state index < -0.39 is 19.1 Å². The average Bonchev–Trinajstić information content (AvgIpc) is 3.66. The molecular weight excluding hydrogens is 783 g/mol. The fourth-order valence-corrected chi connectivity index (χ4v) is 7.27. The van der Waals surface area contributed by atoms with Crippen molar-refractivity contribution in [3.63, 3.8) is 0 Å². The summed E-state index contributed by atoms with van der Waals surface area (Å²) in [6, 6.07) is 29.2. The van der Waals surface area contributed by atoms with Crippen molar-refractivity contribution in [1.29, 1.82) is 0 Å². The summed E-state index contributed by atoms with van der Waals surface area (Å²) >= 11 is 4.37. The normalized spacial score (nSPS) is 11.1. The Morgan fingerprint density at radius 1 is 0.685 bits per heavy atom. The molecule has 0 saturated heterocycles. The maximum Gasteiger partial charge on any atom is 0.261 e. The van der Waals surface area contributed by atoms with E-state index in [1.54, 1.807) is 24.3 Å². The maximum atomic E-state index is 12.4. The third kappa shape index (κ3) is 13.1. The van der Waals surface area contributed by atoms with E-state index in [0.717, 1.165) is 74.8 Å². The fraction of sp³-hybridized carbons (Fsp3) is 0.231. The van der Waals surface area contributed by atoms with Crippen LogP contribution in [0.25, 0.3) is 22.3 Å². The molecule has 0 fully saturated rings. The summed E-state index contributed by atoms with van der Waals surface area (Å²) in [5.74, 6) is 1.59. The largest absolute Gasteiger partial charge is 0.361 e. The second-order valence-corrected chi connectivity index (χ2v) is 17.9. The van der Waals surface area contributed by atoms with E-state index in [4.69, 9.17) is 25.5 Å². The van der Waals surface area contributed by atoms with E-state index in [1.165, 1.54) is 12.1 Å². The average molecular weight is 827 g/mol. The van der Waals surface area contributed by atoms with Crippen molar-refractivity contribution in [2.24, 2.45) is 5.73 Å². The van der Waals surface area contributed by atoms with E-state index in [0.29, 0.717) is 6.54 Å². The molecule has 0 amide bonds. The molecule has 0 unspecified atom stereocenters.